The van der Waals surface area contributed by atoms with Gasteiger partial charge < -0.3 is 9.52 Å². The average Bonchev–Trinajstić information content (AvgIpc) is 3.73. The van der Waals surface area contributed by atoms with Crippen LogP contribution in [0.4, 0.5) is 0 Å². The Balaban J connectivity index is 0.00000360. The molecule has 1 N–H and O–H groups in total. The molecule has 0 unspecified atom stereocenters. The van der Waals surface area contributed by atoms with Crippen LogP contribution in [0.25, 0.3) is 93.8 Å². The number of benzene rings is 6. The van der Waals surface area contributed by atoms with E-state index < -0.39 is 0 Å². The van der Waals surface area contributed by atoms with Gasteiger partial charge in [-0.25, -0.2) is 4.98 Å². The van der Waals surface area contributed by atoms with E-state index in [0.29, 0.717) is 16.6 Å². The maximum atomic E-state index is 11.7. The van der Waals surface area contributed by atoms with Crippen molar-refractivity contribution in [1.29, 1.82) is 0 Å². The average molecular weight is 854 g/mol. The standard InChI is InChI=1S/C46H32N3O2.Pt/c1-46(2,3)31-23-29(22-30(24-31)35-25-28(20-21-47-35)27-12-5-4-6-13-27)32-16-11-18-37-44(32)48-45-43-38(50)26-40-41(34-15-8-10-19-39(34)51-40)42(43)33-14-7-9-17-36(33)49(37)45;/h4-21,23-26,50H,1-3H3;/q-1;. The Morgan fingerprint density at radius 2 is 1.38 bits per heavy atom. The molecule has 0 saturated heterocycles. The number of phenolic OH excluding ortho intramolecular Hbond substituents is 1. The van der Waals surface area contributed by atoms with Crippen LogP contribution in [0.2, 0.25) is 0 Å². The molecule has 4 aromatic heterocycles. The number of aromatic nitrogens is 3. The van der Waals surface area contributed by atoms with Crippen molar-refractivity contribution in [3.05, 3.63) is 145 Å². The fourth-order valence-electron chi connectivity index (χ4n) is 7.65. The number of fused-ring (bicyclic) bond motifs is 12. The zero-order valence-corrected chi connectivity index (χ0v) is 31.0. The summed E-state index contributed by atoms with van der Waals surface area (Å²) < 4.78 is 8.44. The van der Waals surface area contributed by atoms with E-state index in [2.05, 4.69) is 122 Å². The van der Waals surface area contributed by atoms with Gasteiger partial charge in [-0.05, 0) is 40.8 Å². The van der Waals surface area contributed by atoms with Crippen LogP contribution in [-0.2, 0) is 26.5 Å². The molecule has 0 spiro atoms. The van der Waals surface area contributed by atoms with Gasteiger partial charge in [-0.3, -0.25) is 9.38 Å². The molecule has 0 aliphatic carbocycles. The minimum Gasteiger partial charge on any atom is -0.507 e. The number of imidazole rings is 1. The van der Waals surface area contributed by atoms with E-state index in [-0.39, 0.29) is 32.2 Å². The largest absolute Gasteiger partial charge is 0.507 e. The van der Waals surface area contributed by atoms with Crippen molar-refractivity contribution in [2.75, 3.05) is 0 Å². The predicted molar refractivity (Wildman–Crippen MR) is 208 cm³/mol. The molecular weight excluding hydrogens is 822 g/mol. The zero-order chi connectivity index (χ0) is 34.4. The number of furan rings is 1. The van der Waals surface area contributed by atoms with Crippen LogP contribution in [-0.4, -0.2) is 19.5 Å². The monoisotopic (exact) mass is 853 g/mol. The zero-order valence-electron chi connectivity index (χ0n) is 28.7. The molecule has 6 aromatic carbocycles. The number of hydrogen-bond donors (Lipinski definition) is 1. The van der Waals surface area contributed by atoms with Crippen molar-refractivity contribution in [3.63, 3.8) is 0 Å². The molecule has 6 heteroatoms. The van der Waals surface area contributed by atoms with Crippen molar-refractivity contribution >= 4 is 60.3 Å². The molecule has 0 aliphatic heterocycles. The summed E-state index contributed by atoms with van der Waals surface area (Å²) in [7, 11) is 0. The normalized spacial score (nSPS) is 12.1. The minimum atomic E-state index is -0.126. The Morgan fingerprint density at radius 1 is 0.654 bits per heavy atom. The predicted octanol–water partition coefficient (Wildman–Crippen LogP) is 11.9. The van der Waals surface area contributed by atoms with Crippen LogP contribution in [0.3, 0.4) is 0 Å². The van der Waals surface area contributed by atoms with Gasteiger partial charge in [-0.2, -0.15) is 0 Å². The SMILES string of the molecule is CC(C)(C)c1cc(-c2cc(-c3ccccc3)ccn2)[c-]c(-c2cccc3c2nc2c4c(O)cc5oc6ccccc6c5c4c4ccccc4n32)c1.[Pt]. The number of hydrogen-bond acceptors (Lipinski definition) is 4. The van der Waals surface area contributed by atoms with E-state index in [0.717, 1.165) is 77.2 Å². The van der Waals surface area contributed by atoms with Crippen molar-refractivity contribution in [1.82, 2.24) is 14.4 Å². The molecule has 0 amide bonds. The Kier molecular flexibility index (Phi) is 7.36. The quantitative estimate of drug-likeness (QED) is 0.142. The Hall–Kier alpha value is -5.77. The van der Waals surface area contributed by atoms with Crippen molar-refractivity contribution < 1.29 is 30.6 Å². The third-order valence-electron chi connectivity index (χ3n) is 10.1. The maximum Gasteiger partial charge on any atom is 0.149 e. The van der Waals surface area contributed by atoms with E-state index in [9.17, 15) is 5.11 Å². The number of phenols is 1. The van der Waals surface area contributed by atoms with Crippen LogP contribution >= 0.6 is 0 Å². The van der Waals surface area contributed by atoms with Crippen molar-refractivity contribution in [3.8, 4) is 39.3 Å². The van der Waals surface area contributed by atoms with Gasteiger partial charge in [0.15, 0.2) is 0 Å². The molecule has 5 nitrogen and oxygen atoms in total. The van der Waals surface area contributed by atoms with Gasteiger partial charge in [0.2, 0.25) is 0 Å². The second-order valence-corrected chi connectivity index (χ2v) is 14.3. The molecule has 0 bridgehead atoms. The first-order valence-corrected chi connectivity index (χ1v) is 17.2. The van der Waals surface area contributed by atoms with Crippen molar-refractivity contribution in [2.24, 2.45) is 0 Å². The molecule has 10 aromatic rings. The van der Waals surface area contributed by atoms with E-state index in [1.807, 2.05) is 36.5 Å². The van der Waals surface area contributed by atoms with Crippen LogP contribution < -0.4 is 0 Å². The molecule has 4 heterocycles. The fourth-order valence-corrected chi connectivity index (χ4v) is 7.65. The summed E-state index contributed by atoms with van der Waals surface area (Å²) in [6.07, 6.45) is 1.88. The summed E-state index contributed by atoms with van der Waals surface area (Å²) in [4.78, 5) is 10.2. The van der Waals surface area contributed by atoms with Gasteiger partial charge >= 0.3 is 0 Å². The van der Waals surface area contributed by atoms with Crippen molar-refractivity contribution in [2.45, 2.75) is 26.2 Å². The van der Waals surface area contributed by atoms with Gasteiger partial charge in [0, 0.05) is 60.6 Å². The summed E-state index contributed by atoms with van der Waals surface area (Å²) in [5.41, 5.74) is 11.9. The molecule has 52 heavy (non-hydrogen) atoms. The third-order valence-corrected chi connectivity index (χ3v) is 10.1. The van der Waals surface area contributed by atoms with Gasteiger partial charge in [0.05, 0.1) is 21.9 Å². The third kappa shape index (κ3) is 4.87. The second-order valence-electron chi connectivity index (χ2n) is 14.3. The second kappa shape index (κ2) is 11.9. The minimum absolute atomic E-state index is 0. The summed E-state index contributed by atoms with van der Waals surface area (Å²) in [5, 5.41) is 16.4. The van der Waals surface area contributed by atoms with E-state index in [1.165, 1.54) is 5.56 Å². The first kappa shape index (κ1) is 32.2. The molecule has 0 radical (unpaired) electrons. The van der Waals surface area contributed by atoms with E-state index in [1.54, 1.807) is 6.07 Å². The van der Waals surface area contributed by atoms with Gasteiger partial charge in [0.25, 0.3) is 0 Å². The number of aromatic hydroxyl groups is 1. The summed E-state index contributed by atoms with van der Waals surface area (Å²) in [6.45, 7) is 6.70. The van der Waals surface area contributed by atoms with Crippen LogP contribution in [0.1, 0.15) is 26.3 Å². The van der Waals surface area contributed by atoms with Gasteiger partial charge in [0.1, 0.15) is 22.6 Å². The number of nitrogens with zero attached hydrogens (tertiary/aromatic N) is 3. The molecule has 254 valence electrons. The Bertz CT molecular complexity index is 3030. The molecule has 10 rings (SSSR count). The molecule has 0 aliphatic rings. The maximum absolute atomic E-state index is 11.7. The Morgan fingerprint density at radius 3 is 2.21 bits per heavy atom. The smallest absolute Gasteiger partial charge is 0.149 e. The first-order valence-electron chi connectivity index (χ1n) is 17.2. The Labute approximate surface area is 314 Å². The van der Waals surface area contributed by atoms with E-state index >= 15 is 0 Å². The summed E-state index contributed by atoms with van der Waals surface area (Å²) in [5.74, 6) is 0.136. The molecule has 0 fully saturated rings. The molecule has 0 atom stereocenters. The number of para-hydroxylation sites is 3. The first-order chi connectivity index (χ1) is 24.8. The molecule has 0 saturated carbocycles. The van der Waals surface area contributed by atoms with Crippen LogP contribution in [0, 0.1) is 6.07 Å². The number of pyridine rings is 2. The molecular formula is C46H32N3O2Pt-. The van der Waals surface area contributed by atoms with E-state index in [4.69, 9.17) is 14.4 Å². The topological polar surface area (TPSA) is 63.6 Å². The fraction of sp³-hybridized carbons (Fsp3) is 0.0870. The van der Waals surface area contributed by atoms with Crippen LogP contribution in [0.15, 0.2) is 138 Å². The summed E-state index contributed by atoms with van der Waals surface area (Å²) >= 11 is 0. The van der Waals surface area contributed by atoms with Gasteiger partial charge in [-0.15, -0.1) is 29.3 Å². The van der Waals surface area contributed by atoms with Crippen LogP contribution in [0.5, 0.6) is 5.75 Å². The summed E-state index contributed by atoms with van der Waals surface area (Å²) in [6, 6.07) is 47.2. The van der Waals surface area contributed by atoms with Gasteiger partial charge in [-0.1, -0.05) is 117 Å². The number of rotatable bonds is 3.